The number of amides is 1. The maximum Gasteiger partial charge on any atom is 0.237 e. The molecule has 0 radical (unpaired) electrons. The molecule has 0 aliphatic carbocycles. The number of alkyl halides is 1. The number of H-pyrrole nitrogens is 1. The molecule has 1 amide bonds. The number of carbonyl (C=O) groups is 1. The summed E-state index contributed by atoms with van der Waals surface area (Å²) in [4.78, 5) is 15.5. The molecule has 0 atom stereocenters. The highest BCUT2D eigenvalue weighted by atomic mass is 35.5. The molecule has 0 aliphatic rings. The van der Waals surface area contributed by atoms with Gasteiger partial charge in [-0.15, -0.1) is 11.6 Å². The molecule has 0 fully saturated rings. The van der Waals surface area contributed by atoms with Gasteiger partial charge in [-0.2, -0.15) is 0 Å². The summed E-state index contributed by atoms with van der Waals surface area (Å²) in [7, 11) is 1.73. The summed E-state index contributed by atoms with van der Waals surface area (Å²) in [5.74, 6) is -0.0149. The first-order valence-electron chi connectivity index (χ1n) is 3.65. The van der Waals surface area contributed by atoms with E-state index in [0.29, 0.717) is 6.54 Å². The highest BCUT2D eigenvalue weighted by Gasteiger charge is 2.06. The summed E-state index contributed by atoms with van der Waals surface area (Å²) < 4.78 is 0. The van der Waals surface area contributed by atoms with Crippen molar-refractivity contribution in [1.82, 2.24) is 9.88 Å². The fourth-order valence-corrected chi connectivity index (χ4v) is 1.12. The highest BCUT2D eigenvalue weighted by molar-refractivity contribution is 6.27. The second-order valence-corrected chi connectivity index (χ2v) is 2.87. The number of aromatic amines is 1. The van der Waals surface area contributed by atoms with Gasteiger partial charge in [0.1, 0.15) is 5.88 Å². The third-order valence-corrected chi connectivity index (χ3v) is 1.85. The minimum absolute atomic E-state index is 0.0426. The van der Waals surface area contributed by atoms with E-state index < -0.39 is 0 Å². The molecule has 1 aromatic rings. The highest BCUT2D eigenvalue weighted by Crippen LogP contribution is 2.01. The summed E-state index contributed by atoms with van der Waals surface area (Å²) >= 11 is 5.39. The van der Waals surface area contributed by atoms with Crippen molar-refractivity contribution in [2.75, 3.05) is 12.9 Å². The molecule has 4 heteroatoms. The van der Waals surface area contributed by atoms with Crippen LogP contribution in [0.4, 0.5) is 0 Å². The van der Waals surface area contributed by atoms with Gasteiger partial charge in [-0.25, -0.2) is 0 Å². The van der Waals surface area contributed by atoms with Gasteiger partial charge in [0.25, 0.3) is 0 Å². The van der Waals surface area contributed by atoms with Gasteiger partial charge >= 0.3 is 0 Å². The van der Waals surface area contributed by atoms with Crippen LogP contribution in [0.1, 0.15) is 5.56 Å². The zero-order valence-corrected chi connectivity index (χ0v) is 7.64. The minimum Gasteiger partial charge on any atom is -0.367 e. The smallest absolute Gasteiger partial charge is 0.237 e. The number of carbonyl (C=O) groups excluding carboxylic acids is 1. The van der Waals surface area contributed by atoms with Gasteiger partial charge < -0.3 is 9.88 Å². The zero-order valence-electron chi connectivity index (χ0n) is 6.88. The molecule has 0 aromatic carbocycles. The minimum atomic E-state index is -0.0575. The molecule has 12 heavy (non-hydrogen) atoms. The summed E-state index contributed by atoms with van der Waals surface area (Å²) in [6, 6.07) is 1.93. The fraction of sp³-hybridized carbons (Fsp3) is 0.375. The van der Waals surface area contributed by atoms with Crippen molar-refractivity contribution in [3.8, 4) is 0 Å². The topological polar surface area (TPSA) is 36.1 Å². The molecule has 0 bridgehead atoms. The number of nitrogens with zero attached hydrogens (tertiary/aromatic N) is 1. The number of hydrogen-bond donors (Lipinski definition) is 1. The first kappa shape index (κ1) is 9.13. The Hall–Kier alpha value is -0.960. The maximum atomic E-state index is 11.0. The van der Waals surface area contributed by atoms with Gasteiger partial charge in [0, 0.05) is 26.0 Å². The molecule has 0 saturated heterocycles. The molecule has 0 aliphatic heterocycles. The monoisotopic (exact) mass is 186 g/mol. The Bertz CT molecular complexity index is 246. The molecule has 66 valence electrons. The van der Waals surface area contributed by atoms with Crippen LogP contribution in [0.15, 0.2) is 18.5 Å². The lowest BCUT2D eigenvalue weighted by Crippen LogP contribution is -2.26. The molecular formula is C8H11ClN2O. The molecule has 0 unspecified atom stereocenters. The van der Waals surface area contributed by atoms with E-state index in [1.54, 1.807) is 11.9 Å². The molecule has 0 saturated carbocycles. The van der Waals surface area contributed by atoms with Crippen LogP contribution in [0.2, 0.25) is 0 Å². The van der Waals surface area contributed by atoms with E-state index >= 15 is 0 Å². The van der Waals surface area contributed by atoms with E-state index in [0.717, 1.165) is 5.56 Å². The molecule has 1 heterocycles. The van der Waals surface area contributed by atoms with Crippen molar-refractivity contribution in [2.45, 2.75) is 6.54 Å². The lowest BCUT2D eigenvalue weighted by atomic mass is 10.3. The van der Waals surface area contributed by atoms with Crippen LogP contribution in [-0.4, -0.2) is 28.7 Å². The Morgan fingerprint density at radius 1 is 1.75 bits per heavy atom. The molecule has 1 aromatic heterocycles. The second-order valence-electron chi connectivity index (χ2n) is 2.60. The van der Waals surface area contributed by atoms with E-state index in [1.165, 1.54) is 0 Å². The predicted octanol–water partition coefficient (Wildman–Crippen LogP) is 1.21. The summed E-state index contributed by atoms with van der Waals surface area (Å²) in [5.41, 5.74) is 1.08. The van der Waals surface area contributed by atoms with Crippen LogP contribution in [0.5, 0.6) is 0 Å². The number of hydrogen-bond acceptors (Lipinski definition) is 1. The first-order chi connectivity index (χ1) is 5.74. The zero-order chi connectivity index (χ0) is 8.97. The Morgan fingerprint density at radius 3 is 3.00 bits per heavy atom. The summed E-state index contributed by atoms with van der Waals surface area (Å²) in [5, 5.41) is 0. The second kappa shape index (κ2) is 4.16. The van der Waals surface area contributed by atoms with Crippen molar-refractivity contribution in [1.29, 1.82) is 0 Å². The van der Waals surface area contributed by atoms with Crippen LogP contribution in [0.3, 0.4) is 0 Å². The predicted molar refractivity (Wildman–Crippen MR) is 48.0 cm³/mol. The van der Waals surface area contributed by atoms with E-state index in [4.69, 9.17) is 11.6 Å². The average molecular weight is 187 g/mol. The Balaban J connectivity index is 2.47. The van der Waals surface area contributed by atoms with E-state index in [2.05, 4.69) is 4.98 Å². The lowest BCUT2D eigenvalue weighted by Gasteiger charge is -2.14. The Labute approximate surface area is 76.3 Å². The van der Waals surface area contributed by atoms with Gasteiger partial charge in [0.15, 0.2) is 0 Å². The van der Waals surface area contributed by atoms with Crippen molar-refractivity contribution in [3.05, 3.63) is 24.0 Å². The lowest BCUT2D eigenvalue weighted by molar-refractivity contribution is -0.127. The number of nitrogens with one attached hydrogen (secondary N) is 1. The van der Waals surface area contributed by atoms with E-state index in [9.17, 15) is 4.79 Å². The Morgan fingerprint density at radius 2 is 2.50 bits per heavy atom. The van der Waals surface area contributed by atoms with Crippen LogP contribution in [0.25, 0.3) is 0 Å². The van der Waals surface area contributed by atoms with Crippen LogP contribution >= 0.6 is 11.6 Å². The molecule has 1 N–H and O–H groups in total. The van der Waals surface area contributed by atoms with Gasteiger partial charge in [-0.05, 0) is 11.6 Å². The average Bonchev–Trinajstić information content (AvgIpc) is 2.55. The summed E-state index contributed by atoms with van der Waals surface area (Å²) in [6.45, 7) is 0.606. The van der Waals surface area contributed by atoms with E-state index in [-0.39, 0.29) is 11.8 Å². The first-order valence-corrected chi connectivity index (χ1v) is 4.19. The van der Waals surface area contributed by atoms with Crippen molar-refractivity contribution < 1.29 is 4.79 Å². The number of halogens is 1. The molecule has 1 rings (SSSR count). The van der Waals surface area contributed by atoms with Gasteiger partial charge in [0.05, 0.1) is 0 Å². The van der Waals surface area contributed by atoms with Gasteiger partial charge in [0.2, 0.25) is 5.91 Å². The summed E-state index contributed by atoms with van der Waals surface area (Å²) in [6.07, 6.45) is 3.69. The van der Waals surface area contributed by atoms with Crippen molar-refractivity contribution in [2.24, 2.45) is 0 Å². The molecular weight excluding hydrogens is 176 g/mol. The largest absolute Gasteiger partial charge is 0.367 e. The van der Waals surface area contributed by atoms with Crippen LogP contribution in [0, 0.1) is 0 Å². The van der Waals surface area contributed by atoms with Crippen molar-refractivity contribution in [3.63, 3.8) is 0 Å². The van der Waals surface area contributed by atoms with Crippen LogP contribution < -0.4 is 0 Å². The van der Waals surface area contributed by atoms with Crippen LogP contribution in [-0.2, 0) is 11.3 Å². The SMILES string of the molecule is CN(Cc1cc[nH]c1)C(=O)CCl. The molecule has 3 nitrogen and oxygen atoms in total. The van der Waals surface area contributed by atoms with Crippen molar-refractivity contribution >= 4 is 17.5 Å². The third-order valence-electron chi connectivity index (χ3n) is 1.62. The quantitative estimate of drug-likeness (QED) is 0.708. The third kappa shape index (κ3) is 2.27. The Kier molecular flexibility index (Phi) is 3.17. The fourth-order valence-electron chi connectivity index (χ4n) is 0.921. The van der Waals surface area contributed by atoms with Gasteiger partial charge in [-0.1, -0.05) is 0 Å². The number of aromatic nitrogens is 1. The maximum absolute atomic E-state index is 11.0. The standard InChI is InChI=1S/C8H11ClN2O/c1-11(8(12)4-9)6-7-2-3-10-5-7/h2-3,5,10H,4,6H2,1H3. The normalized spacial score (nSPS) is 9.83. The van der Waals surface area contributed by atoms with Gasteiger partial charge in [-0.3, -0.25) is 4.79 Å². The number of rotatable bonds is 3. The molecule has 0 spiro atoms. The van der Waals surface area contributed by atoms with E-state index in [1.807, 2.05) is 18.5 Å².